The molecule has 0 fully saturated rings. The molecular formula is C5H2F6. The van der Waals surface area contributed by atoms with Gasteiger partial charge in [-0.15, -0.1) is 0 Å². The summed E-state index contributed by atoms with van der Waals surface area (Å²) in [6.45, 7) is 0. The summed E-state index contributed by atoms with van der Waals surface area (Å²) in [7, 11) is 0. The predicted molar refractivity (Wildman–Crippen MR) is 24.0 cm³/mol. The number of alkyl halides is 4. The van der Waals surface area contributed by atoms with E-state index < -0.39 is 29.9 Å². The second kappa shape index (κ2) is 2.15. The molecule has 0 aromatic heterocycles. The number of halogens is 6. The van der Waals surface area contributed by atoms with Crippen molar-refractivity contribution >= 4 is 0 Å². The van der Waals surface area contributed by atoms with E-state index in [4.69, 9.17) is 0 Å². The van der Waals surface area contributed by atoms with Crippen molar-refractivity contribution in [2.45, 2.75) is 18.3 Å². The summed E-state index contributed by atoms with van der Waals surface area (Å²) in [4.78, 5) is 0. The number of hydrogen-bond acceptors (Lipinski definition) is 0. The minimum atomic E-state index is -4.60. The van der Waals surface area contributed by atoms with Crippen LogP contribution in [-0.2, 0) is 0 Å². The lowest BCUT2D eigenvalue weighted by atomic mass is 10.2. The lowest BCUT2D eigenvalue weighted by molar-refractivity contribution is -0.0959. The second-order valence-electron chi connectivity index (χ2n) is 2.10. The molecule has 0 nitrogen and oxygen atoms in total. The van der Waals surface area contributed by atoms with Crippen LogP contribution >= 0.6 is 0 Å². The van der Waals surface area contributed by atoms with Crippen LogP contribution in [0.15, 0.2) is 11.7 Å². The lowest BCUT2D eigenvalue weighted by Crippen LogP contribution is -2.34. The van der Waals surface area contributed by atoms with Gasteiger partial charge in [0.1, 0.15) is 0 Å². The molecule has 0 aliphatic heterocycles. The Hall–Kier alpha value is -0.680. The first kappa shape index (κ1) is 8.42. The Labute approximate surface area is 57.5 Å². The molecule has 1 aliphatic rings. The maximum Gasteiger partial charge on any atom is 0.322 e. The Bertz CT molecular complexity index is 187. The van der Waals surface area contributed by atoms with Crippen LogP contribution in [0.1, 0.15) is 0 Å². The van der Waals surface area contributed by atoms with E-state index in [0.717, 1.165) is 0 Å². The highest BCUT2D eigenvalue weighted by Gasteiger charge is 2.60. The van der Waals surface area contributed by atoms with Gasteiger partial charge < -0.3 is 0 Å². The van der Waals surface area contributed by atoms with E-state index in [1.54, 1.807) is 0 Å². The molecule has 0 aromatic rings. The van der Waals surface area contributed by atoms with Gasteiger partial charge in [-0.1, -0.05) is 0 Å². The van der Waals surface area contributed by atoms with Crippen molar-refractivity contribution in [3.63, 3.8) is 0 Å². The smallest absolute Gasteiger partial charge is 0.233 e. The molecule has 0 N–H and O–H groups in total. The fraction of sp³-hybridized carbons (Fsp3) is 0.600. The molecule has 1 rings (SSSR count). The van der Waals surface area contributed by atoms with Crippen molar-refractivity contribution in [1.82, 2.24) is 0 Å². The van der Waals surface area contributed by atoms with Crippen molar-refractivity contribution in [1.29, 1.82) is 0 Å². The van der Waals surface area contributed by atoms with Crippen LogP contribution in [0.25, 0.3) is 0 Å². The molecule has 11 heavy (non-hydrogen) atoms. The normalized spacial score (nSPS) is 36.5. The fourth-order valence-electron chi connectivity index (χ4n) is 0.709. The van der Waals surface area contributed by atoms with Crippen LogP contribution < -0.4 is 0 Å². The minimum absolute atomic E-state index is 2.34. The summed E-state index contributed by atoms with van der Waals surface area (Å²) in [6.07, 6.45) is -6.98. The van der Waals surface area contributed by atoms with Crippen molar-refractivity contribution in [2.24, 2.45) is 0 Å². The van der Waals surface area contributed by atoms with Crippen LogP contribution in [-0.4, -0.2) is 18.3 Å². The molecule has 6 heteroatoms. The first-order chi connectivity index (χ1) is 4.89. The van der Waals surface area contributed by atoms with E-state index >= 15 is 0 Å². The van der Waals surface area contributed by atoms with Gasteiger partial charge in [-0.05, 0) is 0 Å². The predicted octanol–water partition coefficient (Wildman–Crippen LogP) is 2.46. The van der Waals surface area contributed by atoms with Gasteiger partial charge in [0.25, 0.3) is 0 Å². The van der Waals surface area contributed by atoms with Gasteiger partial charge in [0, 0.05) is 0 Å². The van der Waals surface area contributed by atoms with Gasteiger partial charge in [-0.3, -0.25) is 0 Å². The number of hydrogen-bond donors (Lipinski definition) is 0. The zero-order valence-electron chi connectivity index (χ0n) is 4.92. The fourth-order valence-corrected chi connectivity index (χ4v) is 0.709. The molecule has 0 amide bonds. The molecule has 0 saturated carbocycles. The van der Waals surface area contributed by atoms with E-state index in [-0.39, 0.29) is 0 Å². The average molecular weight is 176 g/mol. The van der Waals surface area contributed by atoms with E-state index in [9.17, 15) is 26.3 Å². The van der Waals surface area contributed by atoms with Gasteiger partial charge in [-0.2, -0.15) is 8.78 Å². The maximum atomic E-state index is 12.0. The number of rotatable bonds is 0. The molecule has 0 aromatic carbocycles. The van der Waals surface area contributed by atoms with Gasteiger partial charge >= 0.3 is 5.92 Å². The summed E-state index contributed by atoms with van der Waals surface area (Å²) in [5, 5.41) is 0. The average Bonchev–Trinajstić information content (AvgIpc) is 2.06. The molecule has 0 heterocycles. The zero-order valence-corrected chi connectivity index (χ0v) is 4.92. The molecule has 0 bridgehead atoms. The summed E-state index contributed by atoms with van der Waals surface area (Å²) in [6, 6.07) is 0. The molecule has 0 radical (unpaired) electrons. The molecular weight excluding hydrogens is 174 g/mol. The SMILES string of the molecule is FC1=C(F)[C@H](F)C(F)(F)[C@@H]1F. The molecule has 64 valence electrons. The molecule has 2 atom stereocenters. The van der Waals surface area contributed by atoms with E-state index in [2.05, 4.69) is 0 Å². The van der Waals surface area contributed by atoms with Gasteiger partial charge in [0.05, 0.1) is 0 Å². The van der Waals surface area contributed by atoms with Crippen LogP contribution in [0.5, 0.6) is 0 Å². The molecule has 0 saturated heterocycles. The first-order valence-electron chi connectivity index (χ1n) is 2.60. The molecule has 1 aliphatic carbocycles. The minimum Gasteiger partial charge on any atom is -0.233 e. The summed E-state index contributed by atoms with van der Waals surface area (Å²) < 4.78 is 71.5. The highest BCUT2D eigenvalue weighted by molar-refractivity contribution is 5.25. The third-order valence-electron chi connectivity index (χ3n) is 1.35. The highest BCUT2D eigenvalue weighted by Crippen LogP contribution is 2.44. The molecule has 0 unspecified atom stereocenters. The quantitative estimate of drug-likeness (QED) is 0.497. The summed E-state index contributed by atoms with van der Waals surface area (Å²) in [5.41, 5.74) is 0. The standard InChI is InChI=1S/C5H2F6/c6-1-2(7)4(9)5(10,11)3(1)8/h3-4H/t3-,4+. The van der Waals surface area contributed by atoms with Gasteiger partial charge in [0.2, 0.25) is 12.3 Å². The largest absolute Gasteiger partial charge is 0.322 e. The second-order valence-corrected chi connectivity index (χ2v) is 2.10. The van der Waals surface area contributed by atoms with Gasteiger partial charge in [0.15, 0.2) is 11.7 Å². The maximum absolute atomic E-state index is 12.0. The third-order valence-corrected chi connectivity index (χ3v) is 1.35. The van der Waals surface area contributed by atoms with Crippen molar-refractivity contribution in [3.8, 4) is 0 Å². The Morgan fingerprint density at radius 1 is 0.909 bits per heavy atom. The lowest BCUT2D eigenvalue weighted by Gasteiger charge is -2.13. The van der Waals surface area contributed by atoms with Gasteiger partial charge in [-0.25, -0.2) is 17.6 Å². The van der Waals surface area contributed by atoms with E-state index in [1.165, 1.54) is 0 Å². The monoisotopic (exact) mass is 176 g/mol. The van der Waals surface area contributed by atoms with Crippen LogP contribution in [0.2, 0.25) is 0 Å². The Balaban J connectivity index is 3.02. The third kappa shape index (κ3) is 0.918. The summed E-state index contributed by atoms with van der Waals surface area (Å²) in [5.74, 6) is -9.29. The van der Waals surface area contributed by atoms with E-state index in [1.807, 2.05) is 0 Å². The topological polar surface area (TPSA) is 0 Å². The zero-order chi connectivity index (χ0) is 8.81. The summed E-state index contributed by atoms with van der Waals surface area (Å²) >= 11 is 0. The van der Waals surface area contributed by atoms with Crippen molar-refractivity contribution in [3.05, 3.63) is 11.7 Å². The Kier molecular flexibility index (Phi) is 1.65. The van der Waals surface area contributed by atoms with E-state index in [0.29, 0.717) is 0 Å². The van der Waals surface area contributed by atoms with Crippen LogP contribution in [0.4, 0.5) is 26.3 Å². The Morgan fingerprint density at radius 3 is 1.27 bits per heavy atom. The van der Waals surface area contributed by atoms with Crippen molar-refractivity contribution < 1.29 is 26.3 Å². The van der Waals surface area contributed by atoms with Crippen LogP contribution in [0.3, 0.4) is 0 Å². The molecule has 0 spiro atoms. The highest BCUT2D eigenvalue weighted by atomic mass is 19.3. The van der Waals surface area contributed by atoms with Crippen LogP contribution in [0, 0.1) is 0 Å². The van der Waals surface area contributed by atoms with Crippen molar-refractivity contribution in [2.75, 3.05) is 0 Å². The first-order valence-corrected chi connectivity index (χ1v) is 2.60. The Morgan fingerprint density at radius 2 is 1.18 bits per heavy atom. The number of allylic oxidation sites excluding steroid dienone is 2.